The Labute approximate surface area is 118 Å². The molecule has 1 atom stereocenters. The predicted octanol–water partition coefficient (Wildman–Crippen LogP) is 2.05. The first-order valence-corrected chi connectivity index (χ1v) is 8.53. The van der Waals surface area contributed by atoms with Gasteiger partial charge in [-0.1, -0.05) is 23.7 Å². The summed E-state index contributed by atoms with van der Waals surface area (Å²) in [6.07, 6.45) is 2.11. The molecule has 0 saturated carbocycles. The number of rotatable bonds is 4. The van der Waals surface area contributed by atoms with Crippen LogP contribution in [-0.4, -0.2) is 37.8 Å². The minimum Gasteiger partial charge on any atom is -0.335 e. The molecule has 0 aliphatic carbocycles. The molecule has 1 aliphatic heterocycles. The molecule has 0 spiro atoms. The molecular formula is C13H16ClNO3S. The van der Waals surface area contributed by atoms with Gasteiger partial charge in [-0.05, 0) is 24.1 Å². The Kier molecular flexibility index (Phi) is 4.16. The Balaban J connectivity index is 1.98. The minimum atomic E-state index is -3.09. The van der Waals surface area contributed by atoms with Crippen molar-refractivity contribution in [1.29, 1.82) is 0 Å². The van der Waals surface area contributed by atoms with E-state index in [-0.39, 0.29) is 24.1 Å². The molecule has 6 heteroatoms. The minimum absolute atomic E-state index is 0.0585. The van der Waals surface area contributed by atoms with Gasteiger partial charge < -0.3 is 4.90 Å². The third kappa shape index (κ3) is 3.70. The highest BCUT2D eigenvalue weighted by molar-refractivity contribution is 7.90. The first kappa shape index (κ1) is 14.3. The van der Waals surface area contributed by atoms with E-state index < -0.39 is 9.84 Å². The van der Waals surface area contributed by atoms with Crippen LogP contribution in [-0.2, 0) is 14.6 Å². The molecule has 4 nitrogen and oxygen atoms in total. The summed E-state index contributed by atoms with van der Waals surface area (Å²) in [6.45, 7) is 0.690. The van der Waals surface area contributed by atoms with Crippen LogP contribution in [0.1, 0.15) is 24.4 Å². The monoisotopic (exact) mass is 301 g/mol. The molecule has 1 aliphatic rings. The number of nitrogens with zero attached hydrogens (tertiary/aromatic N) is 1. The Morgan fingerprint density at radius 2 is 2.00 bits per heavy atom. The Morgan fingerprint density at radius 1 is 1.37 bits per heavy atom. The molecular weight excluding hydrogens is 286 g/mol. The fourth-order valence-electron chi connectivity index (χ4n) is 2.13. The van der Waals surface area contributed by atoms with Crippen molar-refractivity contribution >= 4 is 27.3 Å². The molecule has 0 unspecified atom stereocenters. The van der Waals surface area contributed by atoms with Crippen molar-refractivity contribution in [3.8, 4) is 0 Å². The standard InChI is InChI=1S/C13H16ClNO3S/c1-19(17,18)9-7-13(16)15-8-6-12(15)10-2-4-11(14)5-3-10/h2-5,12H,6-9H2,1H3/t12-/m1/s1. The molecule has 1 aromatic rings. The highest BCUT2D eigenvalue weighted by Gasteiger charge is 2.33. The first-order chi connectivity index (χ1) is 8.87. The number of likely N-dealkylation sites (tertiary alicyclic amines) is 1. The van der Waals surface area contributed by atoms with Crippen LogP contribution >= 0.6 is 11.6 Å². The third-order valence-corrected chi connectivity index (χ3v) is 4.48. The van der Waals surface area contributed by atoms with Crippen molar-refractivity contribution in [1.82, 2.24) is 4.90 Å². The van der Waals surface area contributed by atoms with Gasteiger partial charge in [0.1, 0.15) is 9.84 Å². The van der Waals surface area contributed by atoms with Crippen LogP contribution in [0, 0.1) is 0 Å². The molecule has 1 heterocycles. The predicted molar refractivity (Wildman–Crippen MR) is 74.9 cm³/mol. The lowest BCUT2D eigenvalue weighted by molar-refractivity contribution is -0.138. The van der Waals surface area contributed by atoms with Gasteiger partial charge in [0.05, 0.1) is 11.8 Å². The van der Waals surface area contributed by atoms with E-state index >= 15 is 0 Å². The Bertz CT molecular complexity index is 568. The summed E-state index contributed by atoms with van der Waals surface area (Å²) in [5, 5.41) is 0.665. The second-order valence-electron chi connectivity index (χ2n) is 4.82. The van der Waals surface area contributed by atoms with Crippen LogP contribution in [0.2, 0.25) is 5.02 Å². The fourth-order valence-corrected chi connectivity index (χ4v) is 2.81. The molecule has 19 heavy (non-hydrogen) atoms. The molecule has 1 aromatic carbocycles. The maximum atomic E-state index is 12.0. The van der Waals surface area contributed by atoms with Crippen LogP contribution < -0.4 is 0 Å². The van der Waals surface area contributed by atoms with E-state index in [0.29, 0.717) is 11.6 Å². The number of hydrogen-bond acceptors (Lipinski definition) is 3. The second-order valence-corrected chi connectivity index (χ2v) is 7.52. The molecule has 2 rings (SSSR count). The lowest BCUT2D eigenvalue weighted by atomic mass is 9.94. The van der Waals surface area contributed by atoms with Gasteiger partial charge in [0, 0.05) is 24.2 Å². The number of amides is 1. The summed E-state index contributed by atoms with van der Waals surface area (Å²) in [5.41, 5.74) is 1.04. The third-order valence-electron chi connectivity index (χ3n) is 3.28. The van der Waals surface area contributed by atoms with Crippen LogP contribution in [0.3, 0.4) is 0 Å². The van der Waals surface area contributed by atoms with E-state index in [9.17, 15) is 13.2 Å². The lowest BCUT2D eigenvalue weighted by Crippen LogP contribution is -2.45. The maximum Gasteiger partial charge on any atom is 0.224 e. The van der Waals surface area contributed by atoms with Crippen LogP contribution in [0.5, 0.6) is 0 Å². The molecule has 0 aromatic heterocycles. The smallest absolute Gasteiger partial charge is 0.224 e. The van der Waals surface area contributed by atoms with E-state index in [0.717, 1.165) is 18.2 Å². The van der Waals surface area contributed by atoms with Crippen molar-refractivity contribution in [3.63, 3.8) is 0 Å². The summed E-state index contributed by atoms with van der Waals surface area (Å²) >= 11 is 5.83. The van der Waals surface area contributed by atoms with E-state index in [1.54, 1.807) is 17.0 Å². The van der Waals surface area contributed by atoms with Gasteiger partial charge in [0.25, 0.3) is 0 Å². The zero-order chi connectivity index (χ0) is 14.0. The van der Waals surface area contributed by atoms with Crippen LogP contribution in [0.15, 0.2) is 24.3 Å². The van der Waals surface area contributed by atoms with E-state index in [1.165, 1.54) is 0 Å². The summed E-state index contributed by atoms with van der Waals surface area (Å²) in [5.74, 6) is -0.188. The first-order valence-electron chi connectivity index (χ1n) is 6.09. The van der Waals surface area contributed by atoms with E-state index in [1.807, 2.05) is 12.1 Å². The number of carbonyl (C=O) groups excluding carboxylic acids is 1. The second kappa shape index (κ2) is 5.51. The molecule has 0 N–H and O–H groups in total. The summed E-state index contributed by atoms with van der Waals surface area (Å²) < 4.78 is 22.1. The lowest BCUT2D eigenvalue weighted by Gasteiger charge is -2.41. The molecule has 1 amide bonds. The van der Waals surface area contributed by atoms with Crippen molar-refractivity contribution in [2.24, 2.45) is 0 Å². The fraction of sp³-hybridized carbons (Fsp3) is 0.462. The summed E-state index contributed by atoms with van der Waals surface area (Å²) in [7, 11) is -3.09. The summed E-state index contributed by atoms with van der Waals surface area (Å²) in [6, 6.07) is 7.47. The number of carbonyl (C=O) groups is 1. The number of benzene rings is 1. The van der Waals surface area contributed by atoms with Crippen molar-refractivity contribution in [2.75, 3.05) is 18.6 Å². The maximum absolute atomic E-state index is 12.0. The highest BCUT2D eigenvalue weighted by Crippen LogP contribution is 2.34. The zero-order valence-electron chi connectivity index (χ0n) is 10.7. The van der Waals surface area contributed by atoms with Crippen molar-refractivity contribution in [2.45, 2.75) is 18.9 Å². The van der Waals surface area contributed by atoms with Gasteiger partial charge in [0.2, 0.25) is 5.91 Å². The zero-order valence-corrected chi connectivity index (χ0v) is 12.2. The topological polar surface area (TPSA) is 54.5 Å². The molecule has 1 fully saturated rings. The molecule has 0 bridgehead atoms. The van der Waals surface area contributed by atoms with Gasteiger partial charge in [-0.3, -0.25) is 4.79 Å². The Morgan fingerprint density at radius 3 is 2.47 bits per heavy atom. The van der Waals surface area contributed by atoms with Gasteiger partial charge in [-0.15, -0.1) is 0 Å². The quantitative estimate of drug-likeness (QED) is 0.855. The number of hydrogen-bond donors (Lipinski definition) is 0. The van der Waals surface area contributed by atoms with Crippen molar-refractivity contribution in [3.05, 3.63) is 34.9 Å². The van der Waals surface area contributed by atoms with Crippen molar-refractivity contribution < 1.29 is 13.2 Å². The van der Waals surface area contributed by atoms with Crippen LogP contribution in [0.4, 0.5) is 0 Å². The summed E-state index contributed by atoms with van der Waals surface area (Å²) in [4.78, 5) is 13.7. The van der Waals surface area contributed by atoms with E-state index in [4.69, 9.17) is 11.6 Å². The molecule has 1 saturated heterocycles. The largest absolute Gasteiger partial charge is 0.335 e. The number of halogens is 1. The van der Waals surface area contributed by atoms with Gasteiger partial charge in [-0.2, -0.15) is 0 Å². The molecule has 104 valence electrons. The van der Waals surface area contributed by atoms with Gasteiger partial charge in [0.15, 0.2) is 0 Å². The normalized spacial score (nSPS) is 19.1. The average Bonchev–Trinajstić information content (AvgIpc) is 2.27. The average molecular weight is 302 g/mol. The van der Waals surface area contributed by atoms with Gasteiger partial charge >= 0.3 is 0 Å². The van der Waals surface area contributed by atoms with Crippen LogP contribution in [0.25, 0.3) is 0 Å². The van der Waals surface area contributed by atoms with E-state index in [2.05, 4.69) is 0 Å². The SMILES string of the molecule is CS(=O)(=O)CCC(=O)N1CC[C@@H]1c1ccc(Cl)cc1. The number of sulfone groups is 1. The Hall–Kier alpha value is -1.07. The molecule has 0 radical (unpaired) electrons. The van der Waals surface area contributed by atoms with Gasteiger partial charge in [-0.25, -0.2) is 8.42 Å². The highest BCUT2D eigenvalue weighted by atomic mass is 35.5.